The van der Waals surface area contributed by atoms with Gasteiger partial charge in [-0.3, -0.25) is 4.98 Å². The number of pyridine rings is 1. The average molecular weight is 250 g/mol. The van der Waals surface area contributed by atoms with E-state index in [1.807, 2.05) is 19.1 Å². The Morgan fingerprint density at radius 1 is 1.33 bits per heavy atom. The van der Waals surface area contributed by atoms with Crippen LogP contribution in [0.25, 0.3) is 0 Å². The van der Waals surface area contributed by atoms with Gasteiger partial charge in [0.05, 0.1) is 24.1 Å². The Morgan fingerprint density at radius 2 is 2.00 bits per heavy atom. The van der Waals surface area contributed by atoms with Crippen molar-refractivity contribution in [1.82, 2.24) is 4.98 Å². The van der Waals surface area contributed by atoms with Crippen LogP contribution in [-0.2, 0) is 4.74 Å². The minimum Gasteiger partial charge on any atom is -0.489 e. The van der Waals surface area contributed by atoms with E-state index in [-0.39, 0.29) is 24.4 Å². The molecule has 100 valence electrons. The third kappa shape index (κ3) is 3.43. The number of hydrogen-bond donors (Lipinski definition) is 1. The molecular formula is C14H22N2O2. The number of nitrogens with zero attached hydrogens (tertiary/aromatic N) is 1. The van der Waals surface area contributed by atoms with E-state index in [0.29, 0.717) is 0 Å². The Hall–Kier alpha value is -1.13. The second-order valence-corrected chi connectivity index (χ2v) is 5.18. The normalized spacial score (nSPS) is 29.9. The number of aromatic nitrogens is 1. The smallest absolute Gasteiger partial charge is 0.138 e. The maximum absolute atomic E-state index is 5.95. The van der Waals surface area contributed by atoms with Crippen molar-refractivity contribution in [3.05, 3.63) is 24.0 Å². The minimum atomic E-state index is -0.0397. The van der Waals surface area contributed by atoms with Gasteiger partial charge in [-0.25, -0.2) is 0 Å². The SMILES string of the molecule is CC1CC(Oc2ccc(C(C)N)nc2)CC(C)O1. The fourth-order valence-corrected chi connectivity index (χ4v) is 2.36. The van der Waals surface area contributed by atoms with Crippen molar-refractivity contribution in [2.24, 2.45) is 5.73 Å². The predicted octanol–water partition coefficient (Wildman–Crippen LogP) is 2.44. The van der Waals surface area contributed by atoms with Crippen LogP contribution in [0.15, 0.2) is 18.3 Å². The number of rotatable bonds is 3. The molecule has 18 heavy (non-hydrogen) atoms. The van der Waals surface area contributed by atoms with Gasteiger partial charge in [-0.05, 0) is 32.9 Å². The molecule has 0 radical (unpaired) electrons. The topological polar surface area (TPSA) is 57.4 Å². The van der Waals surface area contributed by atoms with Gasteiger partial charge in [0.25, 0.3) is 0 Å². The largest absolute Gasteiger partial charge is 0.489 e. The monoisotopic (exact) mass is 250 g/mol. The standard InChI is InChI=1S/C14H22N2O2/c1-9-6-13(7-10(2)17-9)18-12-4-5-14(11(3)15)16-8-12/h4-5,8-11,13H,6-7,15H2,1-3H3. The zero-order valence-corrected chi connectivity index (χ0v) is 11.3. The Bertz CT molecular complexity index is 368. The molecule has 0 amide bonds. The Labute approximate surface area is 108 Å². The summed E-state index contributed by atoms with van der Waals surface area (Å²) in [5, 5.41) is 0. The van der Waals surface area contributed by atoms with Crippen LogP contribution in [-0.4, -0.2) is 23.3 Å². The van der Waals surface area contributed by atoms with Crippen molar-refractivity contribution in [1.29, 1.82) is 0 Å². The number of hydrogen-bond acceptors (Lipinski definition) is 4. The molecular weight excluding hydrogens is 228 g/mol. The van der Waals surface area contributed by atoms with E-state index in [4.69, 9.17) is 15.2 Å². The molecule has 1 aromatic heterocycles. The quantitative estimate of drug-likeness (QED) is 0.895. The molecule has 2 N–H and O–H groups in total. The van der Waals surface area contributed by atoms with Crippen LogP contribution in [0.4, 0.5) is 0 Å². The van der Waals surface area contributed by atoms with E-state index in [1.54, 1.807) is 6.20 Å². The summed E-state index contributed by atoms with van der Waals surface area (Å²) < 4.78 is 11.6. The van der Waals surface area contributed by atoms with Gasteiger partial charge >= 0.3 is 0 Å². The number of nitrogens with two attached hydrogens (primary N) is 1. The van der Waals surface area contributed by atoms with Gasteiger partial charge in [-0.1, -0.05) is 0 Å². The van der Waals surface area contributed by atoms with Crippen LogP contribution in [0, 0.1) is 0 Å². The van der Waals surface area contributed by atoms with Crippen LogP contribution in [0.5, 0.6) is 5.75 Å². The van der Waals surface area contributed by atoms with Gasteiger partial charge < -0.3 is 15.2 Å². The van der Waals surface area contributed by atoms with Gasteiger partial charge in [-0.15, -0.1) is 0 Å². The molecule has 4 nitrogen and oxygen atoms in total. The average Bonchev–Trinajstić information content (AvgIpc) is 2.28. The molecule has 1 fully saturated rings. The van der Waals surface area contributed by atoms with E-state index in [2.05, 4.69) is 18.8 Å². The molecule has 0 aromatic carbocycles. The predicted molar refractivity (Wildman–Crippen MR) is 70.5 cm³/mol. The molecule has 1 aromatic rings. The minimum absolute atomic E-state index is 0.0397. The molecule has 1 aliphatic rings. The van der Waals surface area contributed by atoms with Gasteiger partial charge in [0, 0.05) is 18.9 Å². The Kier molecular flexibility index (Phi) is 4.19. The first-order chi connectivity index (χ1) is 8.54. The van der Waals surface area contributed by atoms with Crippen LogP contribution in [0.2, 0.25) is 0 Å². The van der Waals surface area contributed by atoms with Crippen LogP contribution < -0.4 is 10.5 Å². The third-order valence-corrected chi connectivity index (χ3v) is 3.18. The third-order valence-electron chi connectivity index (χ3n) is 3.18. The van der Waals surface area contributed by atoms with Crippen molar-refractivity contribution in [2.45, 2.75) is 58.0 Å². The van der Waals surface area contributed by atoms with E-state index < -0.39 is 0 Å². The second kappa shape index (κ2) is 5.67. The van der Waals surface area contributed by atoms with Gasteiger partial charge in [0.15, 0.2) is 0 Å². The summed E-state index contributed by atoms with van der Waals surface area (Å²) >= 11 is 0. The Balaban J connectivity index is 1.96. The molecule has 2 heterocycles. The van der Waals surface area contributed by atoms with Gasteiger partial charge in [0.1, 0.15) is 11.9 Å². The van der Waals surface area contributed by atoms with Crippen LogP contribution >= 0.6 is 0 Å². The fourth-order valence-electron chi connectivity index (χ4n) is 2.36. The second-order valence-electron chi connectivity index (χ2n) is 5.18. The molecule has 4 heteroatoms. The molecule has 1 aliphatic heterocycles. The fraction of sp³-hybridized carbons (Fsp3) is 0.643. The highest BCUT2D eigenvalue weighted by atomic mass is 16.5. The highest BCUT2D eigenvalue weighted by Crippen LogP contribution is 2.24. The first-order valence-corrected chi connectivity index (χ1v) is 6.58. The molecule has 0 saturated carbocycles. The highest BCUT2D eigenvalue weighted by molar-refractivity contribution is 5.21. The lowest BCUT2D eigenvalue weighted by Gasteiger charge is -2.32. The van der Waals surface area contributed by atoms with E-state index in [0.717, 1.165) is 24.3 Å². The molecule has 0 bridgehead atoms. The molecule has 0 aliphatic carbocycles. The van der Waals surface area contributed by atoms with E-state index in [9.17, 15) is 0 Å². The summed E-state index contributed by atoms with van der Waals surface area (Å²) in [6.07, 6.45) is 4.35. The zero-order chi connectivity index (χ0) is 13.1. The maximum atomic E-state index is 5.95. The lowest BCUT2D eigenvalue weighted by Crippen LogP contribution is -2.35. The summed E-state index contributed by atoms with van der Waals surface area (Å²) in [5.74, 6) is 0.811. The lowest BCUT2D eigenvalue weighted by molar-refractivity contribution is -0.0722. The summed E-state index contributed by atoms with van der Waals surface area (Å²) in [5.41, 5.74) is 6.65. The lowest BCUT2D eigenvalue weighted by atomic mass is 10.0. The molecule has 1 saturated heterocycles. The summed E-state index contributed by atoms with van der Waals surface area (Å²) in [7, 11) is 0. The molecule has 2 rings (SSSR count). The first-order valence-electron chi connectivity index (χ1n) is 6.58. The van der Waals surface area contributed by atoms with Crippen molar-refractivity contribution in [3.63, 3.8) is 0 Å². The summed E-state index contributed by atoms with van der Waals surface area (Å²) in [6, 6.07) is 3.82. The van der Waals surface area contributed by atoms with Gasteiger partial charge in [0.2, 0.25) is 0 Å². The summed E-state index contributed by atoms with van der Waals surface area (Å²) in [6.45, 7) is 6.09. The van der Waals surface area contributed by atoms with Crippen LogP contribution in [0.3, 0.4) is 0 Å². The summed E-state index contributed by atoms with van der Waals surface area (Å²) in [4.78, 5) is 4.30. The van der Waals surface area contributed by atoms with E-state index >= 15 is 0 Å². The molecule has 3 atom stereocenters. The van der Waals surface area contributed by atoms with Gasteiger partial charge in [-0.2, -0.15) is 0 Å². The van der Waals surface area contributed by atoms with Crippen molar-refractivity contribution >= 4 is 0 Å². The van der Waals surface area contributed by atoms with Crippen molar-refractivity contribution in [2.75, 3.05) is 0 Å². The maximum Gasteiger partial charge on any atom is 0.138 e. The van der Waals surface area contributed by atoms with Crippen molar-refractivity contribution < 1.29 is 9.47 Å². The number of ether oxygens (including phenoxy) is 2. The molecule has 0 spiro atoms. The zero-order valence-electron chi connectivity index (χ0n) is 11.3. The van der Waals surface area contributed by atoms with Crippen LogP contribution in [0.1, 0.15) is 45.3 Å². The molecule has 3 unspecified atom stereocenters. The van der Waals surface area contributed by atoms with Crippen molar-refractivity contribution in [3.8, 4) is 5.75 Å². The Morgan fingerprint density at radius 3 is 2.50 bits per heavy atom. The first kappa shape index (κ1) is 13.3. The highest BCUT2D eigenvalue weighted by Gasteiger charge is 2.25. The van der Waals surface area contributed by atoms with E-state index in [1.165, 1.54) is 0 Å².